The van der Waals surface area contributed by atoms with Gasteiger partial charge in [-0.3, -0.25) is 9.78 Å². The Morgan fingerprint density at radius 3 is 2.91 bits per heavy atom. The number of hydrogen-bond acceptors (Lipinski definition) is 3. The van der Waals surface area contributed by atoms with Crippen molar-refractivity contribution in [1.29, 1.82) is 0 Å². The van der Waals surface area contributed by atoms with Crippen LogP contribution >= 0.6 is 11.6 Å². The maximum Gasteiger partial charge on any atom is 0.311 e. The van der Waals surface area contributed by atoms with E-state index in [4.69, 9.17) is 16.3 Å². The third-order valence-electron chi connectivity index (χ3n) is 3.72. The Morgan fingerprint density at radius 1 is 1.32 bits per heavy atom. The van der Waals surface area contributed by atoms with Crippen LogP contribution in [0.2, 0.25) is 5.02 Å². The van der Waals surface area contributed by atoms with Gasteiger partial charge in [-0.15, -0.1) is 0 Å². The summed E-state index contributed by atoms with van der Waals surface area (Å²) in [5.41, 5.74) is 0.627. The van der Waals surface area contributed by atoms with E-state index in [0.717, 1.165) is 18.2 Å². The fourth-order valence-electron chi connectivity index (χ4n) is 2.49. The van der Waals surface area contributed by atoms with Gasteiger partial charge in [0.2, 0.25) is 0 Å². The second kappa shape index (κ2) is 8.14. The van der Waals surface area contributed by atoms with Crippen molar-refractivity contribution in [2.45, 2.75) is 46.0 Å². The largest absolute Gasteiger partial charge is 0.424 e. The molecule has 1 aromatic heterocycles. The molecule has 2 rings (SSSR count). The minimum Gasteiger partial charge on any atom is -0.424 e. The molecule has 0 saturated carbocycles. The maximum atomic E-state index is 12.1. The quantitative estimate of drug-likeness (QED) is 0.389. The summed E-state index contributed by atoms with van der Waals surface area (Å²) >= 11 is 6.14. The first-order valence-electron chi connectivity index (χ1n) is 7.85. The van der Waals surface area contributed by atoms with Gasteiger partial charge in [0.05, 0.1) is 5.02 Å². The summed E-state index contributed by atoms with van der Waals surface area (Å²) < 4.78 is 5.50. The minimum atomic E-state index is -0.210. The Morgan fingerprint density at radius 2 is 2.14 bits per heavy atom. The van der Waals surface area contributed by atoms with Crippen LogP contribution < -0.4 is 4.74 Å². The molecule has 0 radical (unpaired) electrons. The van der Waals surface area contributed by atoms with Gasteiger partial charge in [0, 0.05) is 18.0 Å². The molecular weight excluding hydrogens is 298 g/mol. The van der Waals surface area contributed by atoms with Crippen molar-refractivity contribution in [3.8, 4) is 5.75 Å². The standard InChI is InChI=1S/C18H22ClNO2/c1-3-4-5-7-13(2)12-17(21)22-16-10-9-15(19)14-8-6-11-20-18(14)16/h6,8-11,13H,3-5,7,12H2,1-2H3. The average Bonchev–Trinajstić information content (AvgIpc) is 2.50. The van der Waals surface area contributed by atoms with Gasteiger partial charge in [-0.25, -0.2) is 0 Å². The van der Waals surface area contributed by atoms with Crippen LogP contribution in [0.5, 0.6) is 5.75 Å². The molecular formula is C18H22ClNO2. The molecule has 0 aliphatic carbocycles. The predicted octanol–water partition coefficient (Wildman–Crippen LogP) is 5.40. The molecule has 0 saturated heterocycles. The lowest BCUT2D eigenvalue weighted by molar-refractivity contribution is -0.135. The van der Waals surface area contributed by atoms with E-state index >= 15 is 0 Å². The van der Waals surface area contributed by atoms with Gasteiger partial charge in [0.1, 0.15) is 5.52 Å². The SMILES string of the molecule is CCCCCC(C)CC(=O)Oc1ccc(Cl)c2cccnc12. The summed E-state index contributed by atoms with van der Waals surface area (Å²) in [4.78, 5) is 16.4. The number of carbonyl (C=O) groups is 1. The lowest BCUT2D eigenvalue weighted by atomic mass is 10.0. The number of fused-ring (bicyclic) bond motifs is 1. The summed E-state index contributed by atoms with van der Waals surface area (Å²) in [7, 11) is 0. The van der Waals surface area contributed by atoms with Gasteiger partial charge >= 0.3 is 5.97 Å². The first-order valence-corrected chi connectivity index (χ1v) is 8.23. The van der Waals surface area contributed by atoms with E-state index in [1.54, 1.807) is 18.3 Å². The predicted molar refractivity (Wildman–Crippen MR) is 90.3 cm³/mol. The van der Waals surface area contributed by atoms with E-state index in [0.29, 0.717) is 28.6 Å². The van der Waals surface area contributed by atoms with Crippen LogP contribution in [0.3, 0.4) is 0 Å². The number of ether oxygens (including phenoxy) is 1. The average molecular weight is 320 g/mol. The number of rotatable bonds is 7. The normalized spacial score (nSPS) is 12.3. The molecule has 22 heavy (non-hydrogen) atoms. The van der Waals surface area contributed by atoms with Gasteiger partial charge in [0.25, 0.3) is 0 Å². The summed E-state index contributed by atoms with van der Waals surface area (Å²) in [6.07, 6.45) is 6.73. The van der Waals surface area contributed by atoms with E-state index in [2.05, 4.69) is 18.8 Å². The van der Waals surface area contributed by atoms with Gasteiger partial charge in [-0.05, 0) is 30.2 Å². The number of pyridine rings is 1. The zero-order chi connectivity index (χ0) is 15.9. The number of esters is 1. The van der Waals surface area contributed by atoms with Gasteiger partial charge in [0.15, 0.2) is 5.75 Å². The summed E-state index contributed by atoms with van der Waals surface area (Å²) in [6.45, 7) is 4.27. The highest BCUT2D eigenvalue weighted by atomic mass is 35.5. The fourth-order valence-corrected chi connectivity index (χ4v) is 2.70. The van der Waals surface area contributed by atoms with E-state index in [-0.39, 0.29) is 5.97 Å². The molecule has 1 unspecified atom stereocenters. The summed E-state index contributed by atoms with van der Waals surface area (Å²) in [5.74, 6) is 0.606. The molecule has 1 aromatic carbocycles. The van der Waals surface area contributed by atoms with Crippen molar-refractivity contribution in [2.24, 2.45) is 5.92 Å². The molecule has 118 valence electrons. The van der Waals surface area contributed by atoms with E-state index in [1.165, 1.54) is 12.8 Å². The third kappa shape index (κ3) is 4.44. The highest BCUT2D eigenvalue weighted by Gasteiger charge is 2.14. The molecule has 4 heteroatoms. The molecule has 1 atom stereocenters. The first kappa shape index (κ1) is 16.8. The number of aromatic nitrogens is 1. The van der Waals surface area contributed by atoms with Crippen LogP contribution in [-0.4, -0.2) is 11.0 Å². The van der Waals surface area contributed by atoms with E-state index < -0.39 is 0 Å². The molecule has 0 spiro atoms. The zero-order valence-corrected chi connectivity index (χ0v) is 13.9. The number of unbranched alkanes of at least 4 members (excludes halogenated alkanes) is 2. The Balaban J connectivity index is 2.02. The monoisotopic (exact) mass is 319 g/mol. The van der Waals surface area contributed by atoms with Crippen LogP contribution in [0.25, 0.3) is 10.9 Å². The Kier molecular flexibility index (Phi) is 6.20. The topological polar surface area (TPSA) is 39.2 Å². The van der Waals surface area contributed by atoms with E-state index in [9.17, 15) is 4.79 Å². The zero-order valence-electron chi connectivity index (χ0n) is 13.1. The molecule has 0 aliphatic rings. The Labute approximate surface area is 136 Å². The number of halogens is 1. The van der Waals surface area contributed by atoms with Crippen molar-refractivity contribution in [2.75, 3.05) is 0 Å². The number of nitrogens with zero attached hydrogens (tertiary/aromatic N) is 1. The second-order valence-electron chi connectivity index (χ2n) is 5.72. The molecule has 2 aromatic rings. The summed E-state index contributed by atoms with van der Waals surface area (Å²) in [5, 5.41) is 1.40. The lowest BCUT2D eigenvalue weighted by Gasteiger charge is -2.12. The van der Waals surface area contributed by atoms with Crippen LogP contribution in [-0.2, 0) is 4.79 Å². The molecule has 3 nitrogen and oxygen atoms in total. The van der Waals surface area contributed by atoms with Crippen molar-refractivity contribution in [3.63, 3.8) is 0 Å². The smallest absolute Gasteiger partial charge is 0.311 e. The molecule has 0 amide bonds. The van der Waals surface area contributed by atoms with Crippen molar-refractivity contribution in [3.05, 3.63) is 35.5 Å². The molecule has 0 bridgehead atoms. The number of benzene rings is 1. The van der Waals surface area contributed by atoms with Crippen molar-refractivity contribution >= 4 is 28.5 Å². The maximum absolute atomic E-state index is 12.1. The van der Waals surface area contributed by atoms with Gasteiger partial charge in [-0.1, -0.05) is 51.1 Å². The number of hydrogen-bond donors (Lipinski definition) is 0. The van der Waals surface area contributed by atoms with Gasteiger partial charge < -0.3 is 4.74 Å². The first-order chi connectivity index (χ1) is 10.6. The highest BCUT2D eigenvalue weighted by Crippen LogP contribution is 2.30. The molecule has 1 heterocycles. The third-order valence-corrected chi connectivity index (χ3v) is 4.05. The van der Waals surface area contributed by atoms with Gasteiger partial charge in [-0.2, -0.15) is 0 Å². The Hall–Kier alpha value is -1.61. The highest BCUT2D eigenvalue weighted by molar-refractivity contribution is 6.35. The van der Waals surface area contributed by atoms with Crippen molar-refractivity contribution < 1.29 is 9.53 Å². The van der Waals surface area contributed by atoms with Crippen LogP contribution in [0.4, 0.5) is 0 Å². The van der Waals surface area contributed by atoms with Crippen LogP contribution in [0.1, 0.15) is 46.0 Å². The minimum absolute atomic E-state index is 0.210. The van der Waals surface area contributed by atoms with Crippen LogP contribution in [0, 0.1) is 5.92 Å². The molecule has 0 N–H and O–H groups in total. The van der Waals surface area contributed by atoms with E-state index in [1.807, 2.05) is 12.1 Å². The Bertz CT molecular complexity index is 642. The molecule has 0 aliphatic heterocycles. The molecule has 0 fully saturated rings. The fraction of sp³-hybridized carbons (Fsp3) is 0.444. The summed E-state index contributed by atoms with van der Waals surface area (Å²) in [6, 6.07) is 7.13. The lowest BCUT2D eigenvalue weighted by Crippen LogP contribution is -2.12. The number of carbonyl (C=O) groups excluding carboxylic acids is 1. The van der Waals surface area contributed by atoms with Crippen molar-refractivity contribution in [1.82, 2.24) is 4.98 Å². The second-order valence-corrected chi connectivity index (χ2v) is 6.13. The van der Waals surface area contributed by atoms with Crippen LogP contribution in [0.15, 0.2) is 30.5 Å².